The molecule has 2 heterocycles. The van der Waals surface area contributed by atoms with Gasteiger partial charge in [-0.3, -0.25) is 4.57 Å². The normalized spacial score (nSPS) is 13.2. The van der Waals surface area contributed by atoms with E-state index in [2.05, 4.69) is 9.97 Å². The Morgan fingerprint density at radius 1 is 0.742 bits per heavy atom. The third-order valence-corrected chi connectivity index (χ3v) is 5.54. The minimum atomic E-state index is -0.662. The maximum atomic E-state index is 11.2. The molecule has 5 heteroatoms. The lowest BCUT2D eigenvalue weighted by molar-refractivity contribution is 0.143. The molecule has 5 nitrogen and oxygen atoms in total. The van der Waals surface area contributed by atoms with Gasteiger partial charge in [0.15, 0.2) is 0 Å². The first-order valence-electron chi connectivity index (χ1n) is 10.3. The summed E-state index contributed by atoms with van der Waals surface area (Å²) in [6.07, 6.45) is 3.40. The molecule has 0 unspecified atom stereocenters. The van der Waals surface area contributed by atoms with Crippen molar-refractivity contribution in [2.75, 3.05) is 0 Å². The standard InChI is InChI=1S/C26H22N4O/c31-26(20-11-5-2-6-12-20)21(19-9-3-1-4-10-19)17-24-27-16-15-25(29-24)30-18-28-22-13-7-8-14-23(22)30/h1-16,18,21,26,31H,17H2/t21-,26+/m0/s1. The summed E-state index contributed by atoms with van der Waals surface area (Å²) in [5.74, 6) is 1.28. The van der Waals surface area contributed by atoms with Gasteiger partial charge in [0.1, 0.15) is 18.0 Å². The van der Waals surface area contributed by atoms with Crippen molar-refractivity contribution < 1.29 is 5.11 Å². The molecular formula is C26H22N4O. The highest BCUT2D eigenvalue weighted by atomic mass is 16.3. The van der Waals surface area contributed by atoms with Gasteiger partial charge >= 0.3 is 0 Å². The molecule has 0 radical (unpaired) electrons. The van der Waals surface area contributed by atoms with E-state index < -0.39 is 6.10 Å². The molecule has 0 aliphatic carbocycles. The van der Waals surface area contributed by atoms with Crippen LogP contribution >= 0.6 is 0 Å². The zero-order chi connectivity index (χ0) is 21.0. The van der Waals surface area contributed by atoms with E-state index in [1.54, 1.807) is 12.5 Å². The van der Waals surface area contributed by atoms with E-state index >= 15 is 0 Å². The molecule has 5 rings (SSSR count). The second kappa shape index (κ2) is 8.50. The van der Waals surface area contributed by atoms with Crippen molar-refractivity contribution in [2.45, 2.75) is 18.4 Å². The van der Waals surface area contributed by atoms with Gasteiger partial charge < -0.3 is 5.11 Å². The summed E-state index contributed by atoms with van der Waals surface area (Å²) >= 11 is 0. The monoisotopic (exact) mass is 406 g/mol. The highest BCUT2D eigenvalue weighted by Crippen LogP contribution is 2.33. The minimum Gasteiger partial charge on any atom is -0.388 e. The van der Waals surface area contributed by atoms with E-state index in [4.69, 9.17) is 4.98 Å². The van der Waals surface area contributed by atoms with Crippen molar-refractivity contribution >= 4 is 11.0 Å². The summed E-state index contributed by atoms with van der Waals surface area (Å²) in [7, 11) is 0. The van der Waals surface area contributed by atoms with Gasteiger partial charge in [-0.25, -0.2) is 15.0 Å². The van der Waals surface area contributed by atoms with Gasteiger partial charge in [0.2, 0.25) is 0 Å². The van der Waals surface area contributed by atoms with Crippen LogP contribution in [0.5, 0.6) is 0 Å². The fourth-order valence-electron chi connectivity index (χ4n) is 3.95. The van der Waals surface area contributed by atoms with Crippen molar-refractivity contribution in [1.29, 1.82) is 0 Å². The largest absolute Gasteiger partial charge is 0.388 e. The quantitative estimate of drug-likeness (QED) is 0.437. The van der Waals surface area contributed by atoms with Gasteiger partial charge in [-0.1, -0.05) is 72.8 Å². The molecule has 0 bridgehead atoms. The first kappa shape index (κ1) is 19.2. The molecule has 0 fully saturated rings. The summed E-state index contributed by atoms with van der Waals surface area (Å²) in [5.41, 5.74) is 3.86. The predicted octanol–water partition coefficient (Wildman–Crippen LogP) is 4.88. The zero-order valence-electron chi connectivity index (χ0n) is 16.9. The molecule has 0 aliphatic heterocycles. The van der Waals surface area contributed by atoms with Crippen LogP contribution in [0, 0.1) is 0 Å². The lowest BCUT2D eigenvalue weighted by Gasteiger charge is -2.23. The van der Waals surface area contributed by atoms with E-state index in [1.807, 2.05) is 95.6 Å². The highest BCUT2D eigenvalue weighted by molar-refractivity contribution is 5.76. The number of hydrogen-bond donors (Lipinski definition) is 1. The zero-order valence-corrected chi connectivity index (χ0v) is 16.9. The van der Waals surface area contributed by atoms with Gasteiger partial charge in [0.05, 0.1) is 17.1 Å². The van der Waals surface area contributed by atoms with Crippen LogP contribution in [-0.2, 0) is 6.42 Å². The number of aromatic nitrogens is 4. The van der Waals surface area contributed by atoms with E-state index in [0.717, 1.165) is 28.0 Å². The predicted molar refractivity (Wildman–Crippen MR) is 121 cm³/mol. The van der Waals surface area contributed by atoms with Crippen molar-refractivity contribution in [3.8, 4) is 5.82 Å². The third kappa shape index (κ3) is 3.96. The van der Waals surface area contributed by atoms with Crippen LogP contribution in [0.25, 0.3) is 16.9 Å². The minimum absolute atomic E-state index is 0.168. The van der Waals surface area contributed by atoms with Crippen molar-refractivity contribution in [3.63, 3.8) is 0 Å². The number of aliphatic hydroxyl groups excluding tert-OH is 1. The lowest BCUT2D eigenvalue weighted by Crippen LogP contribution is -2.16. The van der Waals surface area contributed by atoms with Crippen LogP contribution < -0.4 is 0 Å². The summed E-state index contributed by atoms with van der Waals surface area (Å²) in [6.45, 7) is 0. The number of aliphatic hydroxyl groups is 1. The fraction of sp³-hybridized carbons (Fsp3) is 0.115. The maximum Gasteiger partial charge on any atom is 0.142 e. The fourth-order valence-corrected chi connectivity index (χ4v) is 3.95. The molecular weight excluding hydrogens is 384 g/mol. The van der Waals surface area contributed by atoms with Crippen molar-refractivity contribution in [3.05, 3.63) is 120 Å². The van der Waals surface area contributed by atoms with Crippen LogP contribution in [0.1, 0.15) is 29.0 Å². The number of fused-ring (bicyclic) bond motifs is 1. The van der Waals surface area contributed by atoms with E-state index in [1.165, 1.54) is 0 Å². The Balaban J connectivity index is 1.50. The van der Waals surface area contributed by atoms with Gasteiger partial charge in [-0.2, -0.15) is 0 Å². The number of rotatable bonds is 6. The molecule has 2 atom stereocenters. The molecule has 0 saturated heterocycles. The maximum absolute atomic E-state index is 11.2. The second-order valence-corrected chi connectivity index (χ2v) is 7.51. The molecule has 2 aromatic heterocycles. The topological polar surface area (TPSA) is 63.8 Å². The average Bonchev–Trinajstić information content (AvgIpc) is 3.28. The highest BCUT2D eigenvalue weighted by Gasteiger charge is 2.24. The number of hydrogen-bond acceptors (Lipinski definition) is 4. The molecule has 0 spiro atoms. The van der Waals surface area contributed by atoms with E-state index in [0.29, 0.717) is 12.2 Å². The van der Waals surface area contributed by atoms with E-state index in [9.17, 15) is 5.11 Å². The summed E-state index contributed by atoms with van der Waals surface area (Å²) in [4.78, 5) is 13.8. The Morgan fingerprint density at radius 3 is 2.19 bits per heavy atom. The molecule has 152 valence electrons. The molecule has 0 aliphatic rings. The number of benzene rings is 3. The van der Waals surface area contributed by atoms with Gasteiger partial charge in [-0.15, -0.1) is 0 Å². The Labute approximate surface area is 180 Å². The van der Waals surface area contributed by atoms with Crippen LogP contribution in [0.4, 0.5) is 0 Å². The summed E-state index contributed by atoms with van der Waals surface area (Å²) in [6, 6.07) is 29.7. The Hall–Kier alpha value is -3.83. The van der Waals surface area contributed by atoms with Crippen molar-refractivity contribution in [2.24, 2.45) is 0 Å². The van der Waals surface area contributed by atoms with Crippen LogP contribution in [-0.4, -0.2) is 24.6 Å². The number of para-hydroxylation sites is 2. The van der Waals surface area contributed by atoms with Gasteiger partial charge in [0, 0.05) is 18.5 Å². The molecule has 0 saturated carbocycles. The average molecular weight is 406 g/mol. The van der Waals surface area contributed by atoms with Crippen LogP contribution in [0.2, 0.25) is 0 Å². The molecule has 1 N–H and O–H groups in total. The number of imidazole rings is 1. The number of nitrogens with zero attached hydrogens (tertiary/aromatic N) is 4. The summed E-state index contributed by atoms with van der Waals surface area (Å²) in [5, 5.41) is 11.2. The molecule has 31 heavy (non-hydrogen) atoms. The second-order valence-electron chi connectivity index (χ2n) is 7.51. The Bertz CT molecular complexity index is 1280. The SMILES string of the molecule is O[C@H](c1ccccc1)[C@@H](Cc1nccc(-n2cnc3ccccc32)n1)c1ccccc1. The first-order chi connectivity index (χ1) is 15.3. The molecule has 0 amide bonds. The Morgan fingerprint density at radius 2 is 1.42 bits per heavy atom. The smallest absolute Gasteiger partial charge is 0.142 e. The van der Waals surface area contributed by atoms with Crippen molar-refractivity contribution in [1.82, 2.24) is 19.5 Å². The van der Waals surface area contributed by atoms with E-state index in [-0.39, 0.29) is 5.92 Å². The first-order valence-corrected chi connectivity index (χ1v) is 10.3. The van der Waals surface area contributed by atoms with Crippen LogP contribution in [0.3, 0.4) is 0 Å². The summed E-state index contributed by atoms with van der Waals surface area (Å²) < 4.78 is 1.96. The molecule has 5 aromatic rings. The van der Waals surface area contributed by atoms with Gasteiger partial charge in [-0.05, 0) is 29.3 Å². The molecule has 3 aromatic carbocycles. The Kier molecular flexibility index (Phi) is 5.25. The van der Waals surface area contributed by atoms with Gasteiger partial charge in [0.25, 0.3) is 0 Å². The third-order valence-electron chi connectivity index (χ3n) is 5.54. The lowest BCUT2D eigenvalue weighted by atomic mass is 9.86. The van der Waals surface area contributed by atoms with Crippen LogP contribution in [0.15, 0.2) is 104 Å².